The summed E-state index contributed by atoms with van der Waals surface area (Å²) in [6.45, 7) is 3.56. The second-order valence-electron chi connectivity index (χ2n) is 7.20. The van der Waals surface area contributed by atoms with Crippen molar-refractivity contribution in [3.63, 3.8) is 0 Å². The van der Waals surface area contributed by atoms with Crippen LogP contribution in [0.4, 0.5) is 5.82 Å². The first-order chi connectivity index (χ1) is 15.3. The van der Waals surface area contributed by atoms with E-state index in [1.165, 1.54) is 18.2 Å². The fourth-order valence-electron chi connectivity index (χ4n) is 3.76. The average Bonchev–Trinajstić information content (AvgIpc) is 3.31. The average molecular weight is 443 g/mol. The van der Waals surface area contributed by atoms with E-state index < -0.39 is 5.97 Å². The van der Waals surface area contributed by atoms with Gasteiger partial charge in [0.05, 0.1) is 27.4 Å². The molecule has 1 aliphatic rings. The predicted octanol–water partition coefficient (Wildman–Crippen LogP) is 5.31. The van der Waals surface area contributed by atoms with E-state index in [0.29, 0.717) is 55.6 Å². The molecule has 0 unspecified atom stereocenters. The molecule has 0 bridgehead atoms. The van der Waals surface area contributed by atoms with Gasteiger partial charge in [0.1, 0.15) is 29.5 Å². The molecule has 0 radical (unpaired) electrons. The van der Waals surface area contributed by atoms with Crippen molar-refractivity contribution in [3.8, 4) is 23.5 Å². The van der Waals surface area contributed by atoms with Crippen molar-refractivity contribution in [3.05, 3.63) is 74.6 Å². The second kappa shape index (κ2) is 7.73. The van der Waals surface area contributed by atoms with Crippen LogP contribution in [0.1, 0.15) is 45.4 Å². The lowest BCUT2D eigenvalue weighted by Crippen LogP contribution is -2.03. The van der Waals surface area contributed by atoms with Gasteiger partial charge in [-0.1, -0.05) is 11.6 Å². The highest BCUT2D eigenvalue weighted by Gasteiger charge is 2.30. The van der Waals surface area contributed by atoms with Gasteiger partial charge in [0, 0.05) is 11.1 Å². The van der Waals surface area contributed by atoms with Crippen molar-refractivity contribution in [2.75, 3.05) is 5.73 Å². The number of anilines is 1. The molecule has 0 saturated heterocycles. The molecule has 2 heterocycles. The maximum Gasteiger partial charge on any atom is 0.335 e. The number of aromatic carboxylic acids is 1. The van der Waals surface area contributed by atoms with Gasteiger partial charge in [0.25, 0.3) is 0 Å². The fourth-order valence-corrected chi connectivity index (χ4v) is 3.97. The SMILES string of the molecule is CC1=C(C#N)c2nc(N)c(C#N)c(C)c2/C1=C\c1ccc(-c2cc(C(=O)O)ccc2Cl)o1. The van der Waals surface area contributed by atoms with Crippen LogP contribution in [0.2, 0.25) is 5.02 Å². The number of fused-ring (bicyclic) bond motifs is 1. The van der Waals surface area contributed by atoms with E-state index in [4.69, 9.17) is 21.8 Å². The molecule has 4 rings (SSSR count). The molecule has 0 aliphatic heterocycles. The van der Waals surface area contributed by atoms with Gasteiger partial charge in [-0.2, -0.15) is 10.5 Å². The Morgan fingerprint density at radius 1 is 1.22 bits per heavy atom. The number of allylic oxidation sites excluding steroid dienone is 3. The number of halogens is 1. The third-order valence-electron chi connectivity index (χ3n) is 5.38. The molecule has 1 aromatic carbocycles. The number of hydrogen-bond donors (Lipinski definition) is 2. The van der Waals surface area contributed by atoms with Crippen molar-refractivity contribution < 1.29 is 14.3 Å². The highest BCUT2D eigenvalue weighted by atomic mass is 35.5. The summed E-state index contributed by atoms with van der Waals surface area (Å²) in [6, 6.07) is 12.0. The summed E-state index contributed by atoms with van der Waals surface area (Å²) >= 11 is 6.25. The number of hydrogen-bond acceptors (Lipinski definition) is 6. The van der Waals surface area contributed by atoms with E-state index in [9.17, 15) is 20.4 Å². The summed E-state index contributed by atoms with van der Waals surface area (Å²) in [5.74, 6) is -0.125. The Morgan fingerprint density at radius 2 is 1.97 bits per heavy atom. The Bertz CT molecular complexity index is 1470. The maximum absolute atomic E-state index is 11.3. The lowest BCUT2D eigenvalue weighted by molar-refractivity contribution is 0.0697. The first-order valence-corrected chi connectivity index (χ1v) is 9.81. The van der Waals surface area contributed by atoms with E-state index in [-0.39, 0.29) is 16.9 Å². The zero-order valence-electron chi connectivity index (χ0n) is 17.0. The van der Waals surface area contributed by atoms with Crippen LogP contribution in [0.15, 0.2) is 40.3 Å². The summed E-state index contributed by atoms with van der Waals surface area (Å²) in [5, 5.41) is 28.7. The molecule has 156 valence electrons. The topological polar surface area (TPSA) is 137 Å². The highest BCUT2D eigenvalue weighted by molar-refractivity contribution is 6.33. The van der Waals surface area contributed by atoms with Gasteiger partial charge in [-0.15, -0.1) is 0 Å². The van der Waals surface area contributed by atoms with Crippen LogP contribution in [-0.2, 0) is 0 Å². The molecular formula is C24H15ClN4O3. The van der Waals surface area contributed by atoms with Crippen molar-refractivity contribution in [1.29, 1.82) is 10.5 Å². The van der Waals surface area contributed by atoms with E-state index >= 15 is 0 Å². The molecule has 0 saturated carbocycles. The molecule has 1 aliphatic carbocycles. The molecule has 32 heavy (non-hydrogen) atoms. The Morgan fingerprint density at radius 3 is 2.62 bits per heavy atom. The van der Waals surface area contributed by atoms with Gasteiger partial charge in [-0.05, 0) is 67.0 Å². The van der Waals surface area contributed by atoms with Gasteiger partial charge in [0.15, 0.2) is 0 Å². The Labute approximate surface area is 188 Å². The number of rotatable bonds is 3. The number of benzene rings is 1. The normalized spacial score (nSPS) is 13.7. The van der Waals surface area contributed by atoms with Crippen LogP contribution in [0, 0.1) is 29.6 Å². The minimum Gasteiger partial charge on any atom is -0.478 e. The summed E-state index contributed by atoms with van der Waals surface area (Å²) in [4.78, 5) is 15.6. The number of nitriles is 2. The minimum atomic E-state index is -1.07. The fraction of sp³-hybridized carbons (Fsp3) is 0.0833. The lowest BCUT2D eigenvalue weighted by atomic mass is 9.96. The van der Waals surface area contributed by atoms with Crippen molar-refractivity contribution in [2.24, 2.45) is 0 Å². The molecule has 7 nitrogen and oxygen atoms in total. The summed E-state index contributed by atoms with van der Waals surface area (Å²) in [7, 11) is 0. The largest absolute Gasteiger partial charge is 0.478 e. The van der Waals surface area contributed by atoms with Crippen LogP contribution in [0.3, 0.4) is 0 Å². The van der Waals surface area contributed by atoms with Crippen LogP contribution < -0.4 is 5.73 Å². The molecule has 2 aromatic heterocycles. The Hall–Kier alpha value is -4.33. The summed E-state index contributed by atoms with van der Waals surface area (Å²) in [5.41, 5.74) is 10.2. The van der Waals surface area contributed by atoms with Crippen LogP contribution in [-0.4, -0.2) is 16.1 Å². The Kier molecular flexibility index (Phi) is 5.06. The van der Waals surface area contributed by atoms with E-state index in [2.05, 4.69) is 17.1 Å². The van der Waals surface area contributed by atoms with E-state index in [1.54, 1.807) is 32.1 Å². The first-order valence-electron chi connectivity index (χ1n) is 9.43. The van der Waals surface area contributed by atoms with Gasteiger partial charge in [-0.25, -0.2) is 9.78 Å². The number of nitrogens with two attached hydrogens (primary N) is 1. The standard InChI is InChI=1S/C24H15ClN4O3/c1-11-15(21-12(2)18(10-27)23(28)29-22(21)17(11)9-26)8-14-4-6-20(32-14)16-7-13(24(30)31)3-5-19(16)25/h3-8H,1-2H3,(H2,28,29)(H,30,31)/b15-8-. The highest BCUT2D eigenvalue weighted by Crippen LogP contribution is 2.44. The van der Waals surface area contributed by atoms with E-state index in [1.807, 2.05) is 0 Å². The number of carboxylic acid groups (broad SMARTS) is 1. The molecule has 3 aromatic rings. The van der Waals surface area contributed by atoms with Crippen molar-refractivity contribution in [1.82, 2.24) is 4.98 Å². The van der Waals surface area contributed by atoms with Crippen molar-refractivity contribution >= 4 is 40.6 Å². The molecular weight excluding hydrogens is 428 g/mol. The molecule has 3 N–H and O–H groups in total. The lowest BCUT2D eigenvalue weighted by Gasteiger charge is -2.10. The number of furan rings is 1. The molecule has 0 fully saturated rings. The number of carboxylic acids is 1. The summed E-state index contributed by atoms with van der Waals surface area (Å²) < 4.78 is 5.93. The number of nitrogen functional groups attached to an aromatic ring is 1. The predicted molar refractivity (Wildman–Crippen MR) is 120 cm³/mol. The monoisotopic (exact) mass is 442 g/mol. The molecule has 0 amide bonds. The number of nitrogens with zero attached hydrogens (tertiary/aromatic N) is 3. The number of aromatic nitrogens is 1. The van der Waals surface area contributed by atoms with E-state index in [0.717, 1.165) is 0 Å². The molecule has 8 heteroatoms. The third-order valence-corrected chi connectivity index (χ3v) is 5.71. The molecule has 0 atom stereocenters. The minimum absolute atomic E-state index is 0.0822. The third kappa shape index (κ3) is 3.22. The van der Waals surface area contributed by atoms with Gasteiger partial charge in [-0.3, -0.25) is 0 Å². The first kappa shape index (κ1) is 20.9. The second-order valence-corrected chi connectivity index (χ2v) is 7.61. The van der Waals surface area contributed by atoms with Crippen LogP contribution in [0.25, 0.3) is 28.5 Å². The molecule has 0 spiro atoms. The zero-order chi connectivity index (χ0) is 23.2. The van der Waals surface area contributed by atoms with Gasteiger partial charge < -0.3 is 15.3 Å². The number of pyridine rings is 1. The van der Waals surface area contributed by atoms with Crippen LogP contribution >= 0.6 is 11.6 Å². The number of carbonyl (C=O) groups is 1. The Balaban J connectivity index is 1.86. The zero-order valence-corrected chi connectivity index (χ0v) is 17.8. The van der Waals surface area contributed by atoms with Crippen molar-refractivity contribution in [2.45, 2.75) is 13.8 Å². The summed E-state index contributed by atoms with van der Waals surface area (Å²) in [6.07, 6.45) is 1.75. The van der Waals surface area contributed by atoms with Crippen LogP contribution in [0.5, 0.6) is 0 Å². The maximum atomic E-state index is 11.3. The smallest absolute Gasteiger partial charge is 0.335 e. The quantitative estimate of drug-likeness (QED) is 0.560. The van der Waals surface area contributed by atoms with Gasteiger partial charge >= 0.3 is 5.97 Å². The van der Waals surface area contributed by atoms with Gasteiger partial charge in [0.2, 0.25) is 0 Å².